The van der Waals surface area contributed by atoms with E-state index in [9.17, 15) is 18.0 Å². The molecule has 2 aliphatic rings. The van der Waals surface area contributed by atoms with Gasteiger partial charge in [0.05, 0.1) is 17.1 Å². The minimum absolute atomic E-state index is 0.0225. The number of amides is 2. The van der Waals surface area contributed by atoms with Gasteiger partial charge in [-0.2, -0.15) is 0 Å². The van der Waals surface area contributed by atoms with E-state index in [-0.39, 0.29) is 22.4 Å². The molecule has 10 heteroatoms. The van der Waals surface area contributed by atoms with Gasteiger partial charge in [-0.25, -0.2) is 8.42 Å². The smallest absolute Gasteiger partial charge is 0.264 e. The van der Waals surface area contributed by atoms with Crippen LogP contribution in [0.15, 0.2) is 41.3 Å². The lowest BCUT2D eigenvalue weighted by Gasteiger charge is -2.32. The third-order valence-corrected chi connectivity index (χ3v) is 8.16. The van der Waals surface area contributed by atoms with Crippen LogP contribution in [0.1, 0.15) is 42.6 Å². The van der Waals surface area contributed by atoms with Crippen molar-refractivity contribution in [3.63, 3.8) is 0 Å². The van der Waals surface area contributed by atoms with Gasteiger partial charge in [-0.15, -0.1) is 0 Å². The number of rotatable bonds is 6. The van der Waals surface area contributed by atoms with E-state index >= 15 is 0 Å². The third kappa shape index (κ3) is 5.99. The third-order valence-electron chi connectivity index (χ3n) is 6.75. The zero-order valence-corrected chi connectivity index (χ0v) is 22.0. The van der Waals surface area contributed by atoms with E-state index in [0.29, 0.717) is 43.3 Å². The number of piperazine rings is 1. The van der Waals surface area contributed by atoms with Crippen LogP contribution < -0.4 is 20.3 Å². The van der Waals surface area contributed by atoms with E-state index in [1.54, 1.807) is 31.2 Å². The lowest BCUT2D eigenvalue weighted by Crippen LogP contribution is -2.44. The van der Waals surface area contributed by atoms with Gasteiger partial charge in [-0.05, 0) is 61.6 Å². The molecule has 0 spiro atoms. The molecular weight excluding hydrogens is 478 g/mol. The molecule has 2 heterocycles. The van der Waals surface area contributed by atoms with Gasteiger partial charge >= 0.3 is 0 Å². The van der Waals surface area contributed by atoms with Crippen LogP contribution >= 0.6 is 0 Å². The summed E-state index contributed by atoms with van der Waals surface area (Å²) in [5.41, 5.74) is 2.47. The summed E-state index contributed by atoms with van der Waals surface area (Å²) in [6, 6.07) is 10.1. The summed E-state index contributed by atoms with van der Waals surface area (Å²) in [7, 11) is -4.08. The molecular formula is C26H35N5O4S. The molecule has 0 atom stereocenters. The Labute approximate surface area is 213 Å². The Bertz CT molecular complexity index is 1230. The second-order valence-corrected chi connectivity index (χ2v) is 11.4. The quantitative estimate of drug-likeness (QED) is 0.548. The highest BCUT2D eigenvalue weighted by molar-refractivity contribution is 7.93. The summed E-state index contributed by atoms with van der Waals surface area (Å²) >= 11 is 0. The molecule has 2 aromatic carbocycles. The first kappa shape index (κ1) is 26.0. The molecule has 0 aromatic heterocycles. The van der Waals surface area contributed by atoms with Crippen LogP contribution in [-0.2, 0) is 14.8 Å². The van der Waals surface area contributed by atoms with Crippen molar-refractivity contribution in [1.29, 1.82) is 0 Å². The number of nitrogens with zero attached hydrogens (tertiary/aromatic N) is 2. The first-order chi connectivity index (χ1) is 17.1. The van der Waals surface area contributed by atoms with Crippen molar-refractivity contribution in [2.24, 2.45) is 5.92 Å². The van der Waals surface area contributed by atoms with Crippen LogP contribution in [-0.4, -0.2) is 64.4 Å². The lowest BCUT2D eigenvalue weighted by molar-refractivity contribution is -0.114. The Morgan fingerprint density at radius 2 is 1.67 bits per heavy atom. The summed E-state index contributed by atoms with van der Waals surface area (Å²) in [6.45, 7) is 9.71. The molecule has 0 aliphatic carbocycles. The van der Waals surface area contributed by atoms with Gasteiger partial charge in [0.2, 0.25) is 5.91 Å². The first-order valence-electron chi connectivity index (χ1n) is 12.4. The van der Waals surface area contributed by atoms with E-state index in [1.807, 2.05) is 11.0 Å². The van der Waals surface area contributed by atoms with Gasteiger partial charge in [0.1, 0.15) is 4.90 Å². The lowest BCUT2D eigenvalue weighted by atomic mass is 9.98. The average molecular weight is 514 g/mol. The Balaban J connectivity index is 1.71. The second-order valence-electron chi connectivity index (χ2n) is 9.73. The number of hydrogen-bond donors (Lipinski definition) is 3. The molecule has 36 heavy (non-hydrogen) atoms. The fraction of sp³-hybridized carbons (Fsp3) is 0.462. The number of carbonyl (C=O) groups is 2. The van der Waals surface area contributed by atoms with Gasteiger partial charge in [0, 0.05) is 51.8 Å². The van der Waals surface area contributed by atoms with Crippen molar-refractivity contribution < 1.29 is 18.0 Å². The number of hydrogen-bond acceptors (Lipinski definition) is 6. The Morgan fingerprint density at radius 3 is 2.33 bits per heavy atom. The fourth-order valence-electron chi connectivity index (χ4n) is 4.67. The molecule has 4 rings (SSSR count). The van der Waals surface area contributed by atoms with Crippen molar-refractivity contribution in [1.82, 2.24) is 10.2 Å². The molecule has 2 aromatic rings. The van der Waals surface area contributed by atoms with Crippen LogP contribution in [0.3, 0.4) is 0 Å². The number of carbonyl (C=O) groups excluding carboxylic acids is 2. The molecule has 0 bridgehead atoms. The molecule has 0 unspecified atom stereocenters. The summed E-state index contributed by atoms with van der Waals surface area (Å²) in [5, 5.41) is 5.91. The van der Waals surface area contributed by atoms with Crippen LogP contribution in [0, 0.1) is 12.8 Å². The van der Waals surface area contributed by atoms with Crippen LogP contribution in [0.2, 0.25) is 0 Å². The maximum Gasteiger partial charge on any atom is 0.264 e. The van der Waals surface area contributed by atoms with E-state index < -0.39 is 10.0 Å². The number of piperidine rings is 1. The monoisotopic (exact) mass is 513 g/mol. The number of sulfonamides is 1. The van der Waals surface area contributed by atoms with Crippen molar-refractivity contribution >= 4 is 38.9 Å². The zero-order valence-electron chi connectivity index (χ0n) is 21.1. The Morgan fingerprint density at radius 1 is 0.972 bits per heavy atom. The van der Waals surface area contributed by atoms with Gasteiger partial charge in [-0.3, -0.25) is 14.3 Å². The minimum atomic E-state index is -4.08. The maximum absolute atomic E-state index is 13.6. The molecule has 2 aliphatic heterocycles. The van der Waals surface area contributed by atoms with Crippen LogP contribution in [0.5, 0.6) is 0 Å². The first-order valence-corrected chi connectivity index (χ1v) is 13.9. The van der Waals surface area contributed by atoms with Crippen molar-refractivity contribution in [2.45, 2.75) is 38.5 Å². The normalized spacial score (nSPS) is 17.1. The molecule has 0 radical (unpaired) electrons. The topological polar surface area (TPSA) is 111 Å². The van der Waals surface area contributed by atoms with Gasteiger partial charge in [-0.1, -0.05) is 13.0 Å². The van der Waals surface area contributed by atoms with Crippen molar-refractivity contribution in [3.05, 3.63) is 47.5 Å². The number of aryl methyl sites for hydroxylation is 1. The SMILES string of the molecule is CC(=O)Nc1ccc(C)cc1S(=O)(=O)Nc1cc(C(=O)N2CCC(C)CC2)ccc1N1CCNCC1. The van der Waals surface area contributed by atoms with Gasteiger partial charge in [0.15, 0.2) is 0 Å². The Kier molecular flexibility index (Phi) is 7.85. The van der Waals surface area contributed by atoms with E-state index in [0.717, 1.165) is 37.2 Å². The number of nitrogens with one attached hydrogen (secondary N) is 3. The van der Waals surface area contributed by atoms with E-state index in [2.05, 4.69) is 27.2 Å². The molecule has 0 saturated carbocycles. The zero-order chi connectivity index (χ0) is 25.9. The Hall–Kier alpha value is -3.11. The predicted molar refractivity (Wildman–Crippen MR) is 142 cm³/mol. The highest BCUT2D eigenvalue weighted by Gasteiger charge is 2.26. The second kappa shape index (κ2) is 10.9. The molecule has 9 nitrogen and oxygen atoms in total. The van der Waals surface area contributed by atoms with Gasteiger partial charge in [0.25, 0.3) is 15.9 Å². The summed E-state index contributed by atoms with van der Waals surface area (Å²) in [5.74, 6) is 0.141. The summed E-state index contributed by atoms with van der Waals surface area (Å²) < 4.78 is 30.0. The maximum atomic E-state index is 13.6. The molecule has 3 N–H and O–H groups in total. The number of likely N-dealkylation sites (tertiary alicyclic amines) is 1. The molecule has 2 saturated heterocycles. The van der Waals surface area contributed by atoms with E-state index in [4.69, 9.17) is 0 Å². The average Bonchev–Trinajstić information content (AvgIpc) is 2.85. The van der Waals surface area contributed by atoms with Crippen LogP contribution in [0.25, 0.3) is 0 Å². The fourth-order valence-corrected chi connectivity index (χ4v) is 5.98. The number of anilines is 3. The standard InChI is InChI=1S/C26H35N5O4S/c1-18-8-12-31(13-9-18)26(33)21-5-7-24(30-14-10-27-11-15-30)23(17-21)29-36(34,35)25-16-19(2)4-6-22(25)28-20(3)32/h4-7,16-18,27,29H,8-15H2,1-3H3,(H,28,32). The van der Waals surface area contributed by atoms with Crippen LogP contribution in [0.4, 0.5) is 17.1 Å². The largest absolute Gasteiger partial charge is 0.367 e. The molecule has 2 amide bonds. The van der Waals surface area contributed by atoms with Crippen molar-refractivity contribution in [2.75, 3.05) is 54.2 Å². The molecule has 2 fully saturated rings. The van der Waals surface area contributed by atoms with Crippen molar-refractivity contribution in [3.8, 4) is 0 Å². The van der Waals surface area contributed by atoms with E-state index in [1.165, 1.54) is 13.0 Å². The molecule has 194 valence electrons. The highest BCUT2D eigenvalue weighted by Crippen LogP contribution is 2.32. The predicted octanol–water partition coefficient (Wildman–Crippen LogP) is 3.04. The highest BCUT2D eigenvalue weighted by atomic mass is 32.2. The number of benzene rings is 2. The van der Waals surface area contributed by atoms with Gasteiger partial charge < -0.3 is 20.4 Å². The summed E-state index contributed by atoms with van der Waals surface area (Å²) in [4.78, 5) is 28.9. The summed E-state index contributed by atoms with van der Waals surface area (Å²) in [6.07, 6.45) is 1.92. The minimum Gasteiger partial charge on any atom is -0.367 e.